The SMILES string of the molecule is O=C(O)c1cn(-c2ccc(F)cc2F)c2cc(N3CC4CCCNC4C3)c(F)c(Cl)c2c1=O. The van der Waals surface area contributed by atoms with Crippen molar-refractivity contribution in [3.63, 3.8) is 0 Å². The lowest BCUT2D eigenvalue weighted by Crippen LogP contribution is -2.40. The Balaban J connectivity index is 1.78. The number of aromatic nitrogens is 1. The molecule has 33 heavy (non-hydrogen) atoms. The van der Waals surface area contributed by atoms with Crippen molar-refractivity contribution in [2.45, 2.75) is 18.9 Å². The number of carbonyl (C=O) groups is 1. The predicted octanol–water partition coefficient (Wildman–Crippen LogP) is 3.95. The maximum Gasteiger partial charge on any atom is 0.341 e. The maximum atomic E-state index is 15.4. The fraction of sp³-hybridized carbons (Fsp3) is 0.304. The molecule has 0 saturated carbocycles. The maximum absolute atomic E-state index is 15.4. The molecule has 10 heteroatoms. The first-order valence-corrected chi connectivity index (χ1v) is 10.9. The molecule has 0 amide bonds. The fourth-order valence-electron chi connectivity index (χ4n) is 4.90. The van der Waals surface area contributed by atoms with Crippen LogP contribution in [0.25, 0.3) is 16.6 Å². The van der Waals surface area contributed by atoms with Crippen molar-refractivity contribution < 1.29 is 23.1 Å². The highest BCUT2D eigenvalue weighted by atomic mass is 35.5. The van der Waals surface area contributed by atoms with Gasteiger partial charge in [-0.25, -0.2) is 18.0 Å². The predicted molar refractivity (Wildman–Crippen MR) is 118 cm³/mol. The second-order valence-electron chi connectivity index (χ2n) is 8.43. The molecule has 2 atom stereocenters. The van der Waals surface area contributed by atoms with E-state index in [4.69, 9.17) is 11.6 Å². The number of benzene rings is 2. The number of hydrogen-bond donors (Lipinski definition) is 2. The van der Waals surface area contributed by atoms with Crippen molar-refractivity contribution >= 4 is 34.2 Å². The molecule has 172 valence electrons. The molecular weight excluding hydrogens is 459 g/mol. The van der Waals surface area contributed by atoms with Crippen LogP contribution in [0.15, 0.2) is 35.3 Å². The molecule has 0 aliphatic carbocycles. The van der Waals surface area contributed by atoms with Gasteiger partial charge < -0.3 is 19.9 Å². The summed E-state index contributed by atoms with van der Waals surface area (Å²) in [6.45, 7) is 2.00. The Morgan fingerprint density at radius 1 is 1.15 bits per heavy atom. The third-order valence-electron chi connectivity index (χ3n) is 6.50. The van der Waals surface area contributed by atoms with Crippen LogP contribution in [-0.2, 0) is 0 Å². The van der Waals surface area contributed by atoms with Crippen molar-refractivity contribution in [3.05, 3.63) is 68.7 Å². The summed E-state index contributed by atoms with van der Waals surface area (Å²) in [5.41, 5.74) is -1.73. The molecule has 2 saturated heterocycles. The van der Waals surface area contributed by atoms with E-state index in [0.717, 1.165) is 42.3 Å². The third-order valence-corrected chi connectivity index (χ3v) is 6.85. The fourth-order valence-corrected chi connectivity index (χ4v) is 5.18. The van der Waals surface area contributed by atoms with E-state index >= 15 is 4.39 Å². The summed E-state index contributed by atoms with van der Waals surface area (Å²) in [6.07, 6.45) is 2.98. The van der Waals surface area contributed by atoms with Crippen LogP contribution in [0.1, 0.15) is 23.2 Å². The van der Waals surface area contributed by atoms with Crippen LogP contribution in [0.5, 0.6) is 0 Å². The van der Waals surface area contributed by atoms with Crippen LogP contribution in [-0.4, -0.2) is 41.3 Å². The number of pyridine rings is 1. The van der Waals surface area contributed by atoms with Crippen LogP contribution in [0, 0.1) is 23.4 Å². The normalized spacial score (nSPS) is 20.3. The molecule has 0 spiro atoms. The summed E-state index contributed by atoms with van der Waals surface area (Å²) in [5, 5.41) is 12.0. The molecule has 1 aromatic heterocycles. The van der Waals surface area contributed by atoms with Gasteiger partial charge in [0.15, 0.2) is 5.82 Å². The minimum atomic E-state index is -1.58. The lowest BCUT2D eigenvalue weighted by atomic mass is 9.94. The van der Waals surface area contributed by atoms with Gasteiger partial charge in [-0.1, -0.05) is 11.6 Å². The van der Waals surface area contributed by atoms with E-state index in [1.54, 1.807) is 0 Å². The minimum Gasteiger partial charge on any atom is -0.477 e. The monoisotopic (exact) mass is 477 g/mol. The Kier molecular flexibility index (Phi) is 5.33. The minimum absolute atomic E-state index is 0.0275. The number of nitrogens with zero attached hydrogens (tertiary/aromatic N) is 2. The molecule has 2 aromatic carbocycles. The van der Waals surface area contributed by atoms with Crippen LogP contribution in [0.2, 0.25) is 5.02 Å². The number of rotatable bonds is 3. The number of piperidine rings is 1. The Bertz CT molecular complexity index is 1350. The molecule has 5 rings (SSSR count). The summed E-state index contributed by atoms with van der Waals surface area (Å²) < 4.78 is 44.7. The van der Waals surface area contributed by atoms with E-state index in [1.807, 2.05) is 4.90 Å². The van der Waals surface area contributed by atoms with E-state index in [9.17, 15) is 23.5 Å². The second kappa shape index (κ2) is 8.07. The van der Waals surface area contributed by atoms with E-state index < -0.39 is 39.4 Å². The van der Waals surface area contributed by atoms with Crippen molar-refractivity contribution in [1.29, 1.82) is 0 Å². The highest BCUT2D eigenvalue weighted by molar-refractivity contribution is 6.36. The van der Waals surface area contributed by atoms with Gasteiger partial charge in [0, 0.05) is 31.4 Å². The molecule has 2 N–H and O–H groups in total. The van der Waals surface area contributed by atoms with Gasteiger partial charge in [-0.3, -0.25) is 4.79 Å². The van der Waals surface area contributed by atoms with Crippen molar-refractivity contribution in [2.24, 2.45) is 5.92 Å². The van der Waals surface area contributed by atoms with Gasteiger partial charge in [0.05, 0.1) is 27.3 Å². The zero-order valence-electron chi connectivity index (χ0n) is 17.2. The lowest BCUT2D eigenvalue weighted by Gasteiger charge is -2.24. The van der Waals surface area contributed by atoms with Gasteiger partial charge in [0.1, 0.15) is 17.2 Å². The zero-order chi connectivity index (χ0) is 23.4. The van der Waals surface area contributed by atoms with Gasteiger partial charge in [0.2, 0.25) is 5.43 Å². The summed E-state index contributed by atoms with van der Waals surface area (Å²) in [7, 11) is 0. The first-order valence-electron chi connectivity index (χ1n) is 10.5. The standard InChI is InChI=1S/C23H19ClF3N3O3/c24-20-19-17(7-18(21(20)27)29-8-11-2-1-5-28-15(11)10-29)30(9-13(22(19)31)23(32)33)16-4-3-12(25)6-14(16)26/h3-4,6-7,9,11,15,28H,1-2,5,8,10H2,(H,32,33). The first-order chi connectivity index (χ1) is 15.8. The summed E-state index contributed by atoms with van der Waals surface area (Å²) in [6, 6.07) is 4.34. The molecule has 0 radical (unpaired) electrons. The van der Waals surface area contributed by atoms with Gasteiger partial charge in [-0.15, -0.1) is 0 Å². The van der Waals surface area contributed by atoms with Crippen LogP contribution < -0.4 is 15.6 Å². The van der Waals surface area contributed by atoms with Gasteiger partial charge >= 0.3 is 5.97 Å². The summed E-state index contributed by atoms with van der Waals surface area (Å²) >= 11 is 6.29. The van der Waals surface area contributed by atoms with Crippen molar-refractivity contribution in [2.75, 3.05) is 24.5 Å². The number of aromatic carboxylic acids is 1. The molecule has 2 aliphatic rings. The molecule has 2 aliphatic heterocycles. The average molecular weight is 478 g/mol. The molecule has 0 bridgehead atoms. The van der Waals surface area contributed by atoms with E-state index in [2.05, 4.69) is 5.32 Å². The second-order valence-corrected chi connectivity index (χ2v) is 8.81. The Morgan fingerprint density at radius 2 is 1.94 bits per heavy atom. The van der Waals surface area contributed by atoms with Gasteiger partial charge in [0.25, 0.3) is 0 Å². The number of anilines is 1. The highest BCUT2D eigenvalue weighted by Crippen LogP contribution is 2.37. The number of fused-ring (bicyclic) bond motifs is 2. The Labute approximate surface area is 191 Å². The van der Waals surface area contributed by atoms with E-state index in [1.165, 1.54) is 6.07 Å². The molecule has 6 nitrogen and oxygen atoms in total. The smallest absolute Gasteiger partial charge is 0.341 e. The number of nitrogens with one attached hydrogen (secondary N) is 1. The molecule has 3 aromatic rings. The largest absolute Gasteiger partial charge is 0.477 e. The summed E-state index contributed by atoms with van der Waals surface area (Å²) in [5.74, 6) is -3.88. The van der Waals surface area contributed by atoms with Crippen LogP contribution >= 0.6 is 11.6 Å². The van der Waals surface area contributed by atoms with Crippen molar-refractivity contribution in [1.82, 2.24) is 9.88 Å². The molecule has 2 fully saturated rings. The third kappa shape index (κ3) is 3.55. The quantitative estimate of drug-likeness (QED) is 0.597. The zero-order valence-corrected chi connectivity index (χ0v) is 18.0. The molecular formula is C23H19ClF3N3O3. The average Bonchev–Trinajstić information content (AvgIpc) is 3.20. The highest BCUT2D eigenvalue weighted by Gasteiger charge is 2.36. The van der Waals surface area contributed by atoms with Gasteiger partial charge in [-0.2, -0.15) is 0 Å². The molecule has 3 heterocycles. The Morgan fingerprint density at radius 3 is 2.64 bits per heavy atom. The topological polar surface area (TPSA) is 74.6 Å². The van der Waals surface area contributed by atoms with Crippen LogP contribution in [0.3, 0.4) is 0 Å². The molecule has 2 unspecified atom stereocenters. The van der Waals surface area contributed by atoms with E-state index in [-0.39, 0.29) is 28.3 Å². The number of carboxylic acid groups (broad SMARTS) is 1. The van der Waals surface area contributed by atoms with Crippen molar-refractivity contribution in [3.8, 4) is 5.69 Å². The first kappa shape index (κ1) is 21.8. The number of hydrogen-bond acceptors (Lipinski definition) is 4. The summed E-state index contributed by atoms with van der Waals surface area (Å²) in [4.78, 5) is 26.4. The Hall–Kier alpha value is -3.04. The lowest BCUT2D eigenvalue weighted by molar-refractivity contribution is 0.0695. The van der Waals surface area contributed by atoms with Crippen LogP contribution in [0.4, 0.5) is 18.9 Å². The van der Waals surface area contributed by atoms with Gasteiger partial charge in [-0.05, 0) is 43.5 Å². The van der Waals surface area contributed by atoms with E-state index in [0.29, 0.717) is 25.1 Å². The number of halogens is 4. The number of carboxylic acids is 1.